The fourth-order valence-electron chi connectivity index (χ4n) is 1.46. The number of carbonyl (C=O) groups is 1. The molecule has 0 saturated carbocycles. The number of nitrogens with one attached hydrogen (secondary N) is 1. The number of amides is 1. The van der Waals surface area contributed by atoms with Gasteiger partial charge < -0.3 is 5.32 Å². The molecule has 0 saturated heterocycles. The number of aromatic nitrogens is 2. The second-order valence-corrected chi connectivity index (χ2v) is 7.63. The van der Waals surface area contributed by atoms with Crippen LogP contribution in [0.1, 0.15) is 12.5 Å². The molecule has 0 atom stereocenters. The van der Waals surface area contributed by atoms with Crippen molar-refractivity contribution in [2.75, 3.05) is 16.8 Å². The molecular formula is C13H15N3OS3. The van der Waals surface area contributed by atoms with Gasteiger partial charge in [-0.25, -0.2) is 0 Å². The summed E-state index contributed by atoms with van der Waals surface area (Å²) >= 11 is 4.62. The fraction of sp³-hybridized carbons (Fsp3) is 0.308. The molecule has 7 heteroatoms. The zero-order chi connectivity index (χ0) is 14.4. The van der Waals surface area contributed by atoms with Crippen LogP contribution in [-0.2, 0) is 4.79 Å². The highest BCUT2D eigenvalue weighted by molar-refractivity contribution is 8.03. The fourth-order valence-corrected chi connectivity index (χ4v) is 4.18. The van der Waals surface area contributed by atoms with Crippen molar-refractivity contribution in [3.63, 3.8) is 0 Å². The summed E-state index contributed by atoms with van der Waals surface area (Å²) in [6.45, 7) is 4.05. The van der Waals surface area contributed by atoms with E-state index in [4.69, 9.17) is 0 Å². The molecular weight excluding hydrogens is 310 g/mol. The number of hydrogen-bond donors (Lipinski definition) is 1. The highest BCUT2D eigenvalue weighted by Crippen LogP contribution is 2.28. The lowest BCUT2D eigenvalue weighted by atomic mass is 10.2. The van der Waals surface area contributed by atoms with E-state index >= 15 is 0 Å². The second-order valence-electron chi connectivity index (χ2n) is 3.92. The van der Waals surface area contributed by atoms with Crippen molar-refractivity contribution in [1.82, 2.24) is 10.2 Å². The first-order valence-electron chi connectivity index (χ1n) is 6.13. The first kappa shape index (κ1) is 15.3. The minimum Gasteiger partial charge on any atom is -0.325 e. The summed E-state index contributed by atoms with van der Waals surface area (Å²) in [6.07, 6.45) is 0. The van der Waals surface area contributed by atoms with E-state index in [0.29, 0.717) is 5.75 Å². The number of benzene rings is 1. The van der Waals surface area contributed by atoms with Gasteiger partial charge in [-0.05, 0) is 24.3 Å². The third kappa shape index (κ3) is 4.50. The molecule has 0 aliphatic carbocycles. The molecule has 0 fully saturated rings. The van der Waals surface area contributed by atoms with Crippen LogP contribution in [0.4, 0.5) is 5.69 Å². The van der Waals surface area contributed by atoms with Crippen LogP contribution in [-0.4, -0.2) is 27.6 Å². The Morgan fingerprint density at radius 3 is 2.65 bits per heavy atom. The molecule has 0 bridgehead atoms. The minimum absolute atomic E-state index is 0.0239. The molecule has 20 heavy (non-hydrogen) atoms. The topological polar surface area (TPSA) is 54.9 Å². The number of carbonyl (C=O) groups excluding carboxylic acids is 1. The largest absolute Gasteiger partial charge is 0.325 e. The third-order valence-electron chi connectivity index (χ3n) is 2.40. The van der Waals surface area contributed by atoms with E-state index < -0.39 is 0 Å². The van der Waals surface area contributed by atoms with Gasteiger partial charge in [0.15, 0.2) is 8.68 Å². The van der Waals surface area contributed by atoms with Crippen molar-refractivity contribution < 1.29 is 4.79 Å². The zero-order valence-electron chi connectivity index (χ0n) is 11.3. The zero-order valence-corrected chi connectivity index (χ0v) is 13.7. The van der Waals surface area contributed by atoms with Gasteiger partial charge in [0.05, 0.1) is 5.75 Å². The molecule has 0 spiro atoms. The van der Waals surface area contributed by atoms with Gasteiger partial charge in [0.2, 0.25) is 5.91 Å². The highest BCUT2D eigenvalue weighted by atomic mass is 32.2. The predicted octanol–water partition coefficient (Wildman–Crippen LogP) is 3.69. The number of para-hydroxylation sites is 1. The van der Waals surface area contributed by atoms with Gasteiger partial charge in [-0.3, -0.25) is 4.79 Å². The summed E-state index contributed by atoms with van der Waals surface area (Å²) in [4.78, 5) is 11.9. The van der Waals surface area contributed by atoms with Crippen LogP contribution >= 0.6 is 34.9 Å². The molecule has 0 aliphatic rings. The van der Waals surface area contributed by atoms with Crippen LogP contribution in [0.2, 0.25) is 0 Å². The number of rotatable bonds is 6. The Morgan fingerprint density at radius 1 is 1.25 bits per heavy atom. The molecule has 1 aromatic carbocycles. The quantitative estimate of drug-likeness (QED) is 0.821. The molecule has 0 unspecified atom stereocenters. The maximum absolute atomic E-state index is 11.9. The lowest BCUT2D eigenvalue weighted by molar-refractivity contribution is -0.113. The number of hydrogen-bond acceptors (Lipinski definition) is 6. The Kier molecular flexibility index (Phi) is 5.87. The number of thioether (sulfide) groups is 2. The van der Waals surface area contributed by atoms with E-state index in [1.54, 1.807) is 11.8 Å². The Balaban J connectivity index is 1.84. The Bertz CT molecular complexity index is 586. The van der Waals surface area contributed by atoms with Crippen LogP contribution in [0.5, 0.6) is 0 Å². The average molecular weight is 325 g/mol. The summed E-state index contributed by atoms with van der Waals surface area (Å²) in [6, 6.07) is 7.74. The molecule has 2 rings (SSSR count). The molecule has 2 aromatic rings. The molecule has 0 aliphatic heterocycles. The number of aryl methyl sites for hydroxylation is 1. The first-order valence-corrected chi connectivity index (χ1v) is 8.92. The van der Waals surface area contributed by atoms with Gasteiger partial charge in [-0.2, -0.15) is 0 Å². The predicted molar refractivity (Wildman–Crippen MR) is 86.8 cm³/mol. The van der Waals surface area contributed by atoms with Gasteiger partial charge in [0, 0.05) is 5.69 Å². The van der Waals surface area contributed by atoms with Crippen LogP contribution < -0.4 is 5.32 Å². The van der Waals surface area contributed by atoms with Crippen molar-refractivity contribution in [2.24, 2.45) is 0 Å². The van der Waals surface area contributed by atoms with Crippen LogP contribution in [0, 0.1) is 6.92 Å². The smallest absolute Gasteiger partial charge is 0.234 e. The molecule has 0 radical (unpaired) electrons. The number of nitrogens with zero attached hydrogens (tertiary/aromatic N) is 2. The van der Waals surface area contributed by atoms with E-state index in [2.05, 4.69) is 22.4 Å². The first-order chi connectivity index (χ1) is 9.69. The molecule has 1 amide bonds. The standard InChI is InChI=1S/C13H15N3OS3/c1-3-18-12-15-16-13(20-12)19-8-11(17)14-10-7-5-4-6-9(10)2/h4-7H,3,8H2,1-2H3,(H,14,17). The summed E-state index contributed by atoms with van der Waals surface area (Å²) in [5.74, 6) is 1.30. The maximum Gasteiger partial charge on any atom is 0.234 e. The average Bonchev–Trinajstić information content (AvgIpc) is 2.87. The number of anilines is 1. The molecule has 4 nitrogen and oxygen atoms in total. The van der Waals surface area contributed by atoms with Crippen LogP contribution in [0.25, 0.3) is 0 Å². The lowest BCUT2D eigenvalue weighted by Crippen LogP contribution is -2.14. The molecule has 1 heterocycles. The van der Waals surface area contributed by atoms with E-state index in [-0.39, 0.29) is 5.91 Å². The van der Waals surface area contributed by atoms with Gasteiger partial charge in [-0.15, -0.1) is 10.2 Å². The summed E-state index contributed by atoms with van der Waals surface area (Å²) < 4.78 is 1.79. The maximum atomic E-state index is 11.9. The monoisotopic (exact) mass is 325 g/mol. The van der Waals surface area contributed by atoms with Crippen molar-refractivity contribution in [3.05, 3.63) is 29.8 Å². The van der Waals surface area contributed by atoms with Gasteiger partial charge in [-0.1, -0.05) is 60.0 Å². The Hall–Kier alpha value is -1.05. The van der Waals surface area contributed by atoms with Crippen LogP contribution in [0.15, 0.2) is 32.9 Å². The van der Waals surface area contributed by atoms with E-state index in [1.807, 2.05) is 31.2 Å². The Morgan fingerprint density at radius 2 is 1.95 bits per heavy atom. The van der Waals surface area contributed by atoms with Gasteiger partial charge in [0.1, 0.15) is 0 Å². The van der Waals surface area contributed by atoms with Crippen molar-refractivity contribution >= 4 is 46.5 Å². The lowest BCUT2D eigenvalue weighted by Gasteiger charge is -2.06. The third-order valence-corrected chi connectivity index (χ3v) is 5.47. The molecule has 1 aromatic heterocycles. The van der Waals surface area contributed by atoms with Gasteiger partial charge >= 0.3 is 0 Å². The second kappa shape index (κ2) is 7.66. The molecule has 106 valence electrons. The van der Waals surface area contributed by atoms with Gasteiger partial charge in [0.25, 0.3) is 0 Å². The summed E-state index contributed by atoms with van der Waals surface area (Å²) in [5.41, 5.74) is 1.92. The van der Waals surface area contributed by atoms with Crippen molar-refractivity contribution in [2.45, 2.75) is 22.5 Å². The SMILES string of the molecule is CCSc1nnc(SCC(=O)Nc2ccccc2C)s1. The van der Waals surface area contributed by atoms with Crippen LogP contribution in [0.3, 0.4) is 0 Å². The van der Waals surface area contributed by atoms with Crippen molar-refractivity contribution in [1.29, 1.82) is 0 Å². The Labute approximate surface area is 130 Å². The highest BCUT2D eigenvalue weighted by Gasteiger charge is 2.09. The van der Waals surface area contributed by atoms with Crippen molar-refractivity contribution in [3.8, 4) is 0 Å². The van der Waals surface area contributed by atoms with E-state index in [0.717, 1.165) is 25.7 Å². The molecule has 1 N–H and O–H groups in total. The summed E-state index contributed by atoms with van der Waals surface area (Å²) in [7, 11) is 0. The minimum atomic E-state index is -0.0239. The normalized spacial score (nSPS) is 10.5. The van der Waals surface area contributed by atoms with E-state index in [9.17, 15) is 4.79 Å². The van der Waals surface area contributed by atoms with E-state index in [1.165, 1.54) is 23.1 Å². The summed E-state index contributed by atoms with van der Waals surface area (Å²) in [5, 5.41) is 11.0.